The second-order valence-corrected chi connectivity index (χ2v) is 5.85. The summed E-state index contributed by atoms with van der Waals surface area (Å²) in [5.41, 5.74) is 7.59. The highest BCUT2D eigenvalue weighted by molar-refractivity contribution is 5.67. The molecule has 0 saturated carbocycles. The van der Waals surface area contributed by atoms with E-state index in [9.17, 15) is 4.39 Å². The number of piperazine rings is 1. The molecule has 0 bridgehead atoms. The molecule has 1 aliphatic rings. The molecular weight excluding hydrogens is 229 g/mol. The third-order valence-corrected chi connectivity index (χ3v) is 3.56. The molecule has 100 valence electrons. The van der Waals surface area contributed by atoms with Crippen molar-refractivity contribution in [3.05, 3.63) is 24.0 Å². The van der Waals surface area contributed by atoms with E-state index in [2.05, 4.69) is 30.6 Å². The summed E-state index contributed by atoms with van der Waals surface area (Å²) in [6.45, 7) is 10.4. The summed E-state index contributed by atoms with van der Waals surface area (Å²) in [6.07, 6.45) is 0. The van der Waals surface area contributed by atoms with Crippen molar-refractivity contribution in [3.63, 3.8) is 0 Å². The molecule has 0 amide bonds. The summed E-state index contributed by atoms with van der Waals surface area (Å²) in [4.78, 5) is 4.61. The van der Waals surface area contributed by atoms with Crippen molar-refractivity contribution in [2.75, 3.05) is 36.8 Å². The van der Waals surface area contributed by atoms with Gasteiger partial charge in [0.05, 0.1) is 11.4 Å². The Hall–Kier alpha value is -1.29. The molecule has 0 unspecified atom stereocenters. The molecule has 18 heavy (non-hydrogen) atoms. The van der Waals surface area contributed by atoms with Crippen LogP contribution >= 0.6 is 0 Å². The lowest BCUT2D eigenvalue weighted by Crippen LogP contribution is -2.53. The first-order valence-corrected chi connectivity index (χ1v) is 6.43. The van der Waals surface area contributed by atoms with E-state index in [-0.39, 0.29) is 11.4 Å². The Bertz CT molecular complexity index is 418. The van der Waals surface area contributed by atoms with Crippen LogP contribution in [0.4, 0.5) is 15.8 Å². The van der Waals surface area contributed by atoms with Gasteiger partial charge >= 0.3 is 0 Å². The van der Waals surface area contributed by atoms with Gasteiger partial charge < -0.3 is 10.6 Å². The van der Waals surface area contributed by atoms with Crippen LogP contribution in [0.2, 0.25) is 0 Å². The van der Waals surface area contributed by atoms with E-state index in [1.165, 1.54) is 12.1 Å². The van der Waals surface area contributed by atoms with Gasteiger partial charge in [0.1, 0.15) is 5.82 Å². The normalized spacial score (nSPS) is 18.1. The highest BCUT2D eigenvalue weighted by Crippen LogP contribution is 2.26. The fourth-order valence-electron chi connectivity index (χ4n) is 2.41. The van der Waals surface area contributed by atoms with Crippen molar-refractivity contribution < 1.29 is 4.39 Å². The van der Waals surface area contributed by atoms with Crippen molar-refractivity contribution in [1.82, 2.24) is 4.90 Å². The third kappa shape index (κ3) is 2.75. The molecule has 1 heterocycles. The Labute approximate surface area is 108 Å². The molecule has 0 aliphatic carbocycles. The first kappa shape index (κ1) is 13.1. The van der Waals surface area contributed by atoms with Gasteiger partial charge in [0.2, 0.25) is 0 Å². The number of nitrogen functional groups attached to an aromatic ring is 1. The molecule has 1 aromatic rings. The number of benzene rings is 1. The average Bonchev–Trinajstić information content (AvgIpc) is 2.31. The van der Waals surface area contributed by atoms with Crippen LogP contribution in [0.25, 0.3) is 0 Å². The largest absolute Gasteiger partial charge is 0.397 e. The molecule has 0 radical (unpaired) electrons. The smallest absolute Gasteiger partial charge is 0.125 e. The molecule has 0 aromatic heterocycles. The molecule has 1 saturated heterocycles. The monoisotopic (exact) mass is 251 g/mol. The van der Waals surface area contributed by atoms with Crippen molar-refractivity contribution in [2.45, 2.75) is 26.3 Å². The lowest BCUT2D eigenvalue weighted by Gasteiger charge is -2.43. The first-order chi connectivity index (χ1) is 8.38. The number of nitrogens with two attached hydrogens (primary N) is 1. The summed E-state index contributed by atoms with van der Waals surface area (Å²) in [5, 5.41) is 0. The van der Waals surface area contributed by atoms with Crippen molar-refractivity contribution in [2.24, 2.45) is 0 Å². The molecule has 1 aliphatic heterocycles. The lowest BCUT2D eigenvalue weighted by molar-refractivity contribution is 0.128. The second kappa shape index (κ2) is 4.76. The Morgan fingerprint density at radius 3 is 2.28 bits per heavy atom. The van der Waals surface area contributed by atoms with Gasteiger partial charge in [0.15, 0.2) is 0 Å². The van der Waals surface area contributed by atoms with Crippen LogP contribution in [0.5, 0.6) is 0 Å². The summed E-state index contributed by atoms with van der Waals surface area (Å²) >= 11 is 0. The minimum atomic E-state index is -0.225. The van der Waals surface area contributed by atoms with Crippen LogP contribution in [0.15, 0.2) is 18.2 Å². The fraction of sp³-hybridized carbons (Fsp3) is 0.571. The van der Waals surface area contributed by atoms with Gasteiger partial charge in [-0.2, -0.15) is 0 Å². The maximum absolute atomic E-state index is 13.3. The molecule has 0 spiro atoms. The Morgan fingerprint density at radius 2 is 1.72 bits per heavy atom. The van der Waals surface area contributed by atoms with Crippen LogP contribution in [0.1, 0.15) is 20.8 Å². The van der Waals surface area contributed by atoms with Crippen LogP contribution in [0, 0.1) is 5.82 Å². The van der Waals surface area contributed by atoms with E-state index < -0.39 is 0 Å². The first-order valence-electron chi connectivity index (χ1n) is 6.43. The number of hydrogen-bond donors (Lipinski definition) is 1. The van der Waals surface area contributed by atoms with Gasteiger partial charge in [0, 0.05) is 31.7 Å². The van der Waals surface area contributed by atoms with E-state index in [1.807, 2.05) is 0 Å². The quantitative estimate of drug-likeness (QED) is 0.778. The predicted molar refractivity (Wildman–Crippen MR) is 74.4 cm³/mol. The van der Waals surface area contributed by atoms with Gasteiger partial charge in [-0.3, -0.25) is 4.90 Å². The predicted octanol–water partition coefficient (Wildman–Crippen LogP) is 2.33. The molecule has 4 heteroatoms. The van der Waals surface area contributed by atoms with Gasteiger partial charge in [0.25, 0.3) is 0 Å². The topological polar surface area (TPSA) is 32.5 Å². The molecule has 0 atom stereocenters. The van der Waals surface area contributed by atoms with Gasteiger partial charge in [-0.05, 0) is 39.0 Å². The second-order valence-electron chi connectivity index (χ2n) is 5.85. The molecule has 1 fully saturated rings. The maximum atomic E-state index is 13.3. The highest BCUT2D eigenvalue weighted by atomic mass is 19.1. The standard InChI is InChI=1S/C14H22FN3/c1-14(2,3)18-8-6-17(7-9-18)13-10-11(15)4-5-12(13)16/h4-5,10H,6-9,16H2,1-3H3. The number of anilines is 2. The van der Waals surface area contributed by atoms with E-state index >= 15 is 0 Å². The number of hydrogen-bond acceptors (Lipinski definition) is 3. The maximum Gasteiger partial charge on any atom is 0.125 e. The number of rotatable bonds is 1. The molecule has 2 N–H and O–H groups in total. The van der Waals surface area contributed by atoms with Gasteiger partial charge in [-0.25, -0.2) is 4.39 Å². The Kier molecular flexibility index (Phi) is 3.48. The summed E-state index contributed by atoms with van der Waals surface area (Å²) < 4.78 is 13.3. The van der Waals surface area contributed by atoms with Crippen LogP contribution < -0.4 is 10.6 Å². The number of halogens is 1. The SMILES string of the molecule is CC(C)(C)N1CCN(c2cc(F)ccc2N)CC1. The van der Waals surface area contributed by atoms with Crippen molar-refractivity contribution in [3.8, 4) is 0 Å². The van der Waals surface area contributed by atoms with Crippen LogP contribution in [-0.2, 0) is 0 Å². The molecular formula is C14H22FN3. The zero-order valence-corrected chi connectivity index (χ0v) is 11.4. The zero-order valence-electron chi connectivity index (χ0n) is 11.4. The van der Waals surface area contributed by atoms with E-state index in [4.69, 9.17) is 5.73 Å². The average molecular weight is 251 g/mol. The van der Waals surface area contributed by atoms with E-state index in [0.29, 0.717) is 5.69 Å². The molecule has 1 aromatic carbocycles. The Balaban J connectivity index is 2.08. The van der Waals surface area contributed by atoms with Crippen LogP contribution in [-0.4, -0.2) is 36.6 Å². The lowest BCUT2D eigenvalue weighted by atomic mass is 10.0. The van der Waals surface area contributed by atoms with E-state index in [1.54, 1.807) is 6.07 Å². The minimum Gasteiger partial charge on any atom is -0.397 e. The van der Waals surface area contributed by atoms with Gasteiger partial charge in [-0.1, -0.05) is 0 Å². The van der Waals surface area contributed by atoms with Crippen molar-refractivity contribution >= 4 is 11.4 Å². The molecule has 3 nitrogen and oxygen atoms in total. The third-order valence-electron chi connectivity index (χ3n) is 3.56. The fourth-order valence-corrected chi connectivity index (χ4v) is 2.41. The zero-order chi connectivity index (χ0) is 13.3. The number of nitrogens with zero attached hydrogens (tertiary/aromatic N) is 2. The highest BCUT2D eigenvalue weighted by Gasteiger charge is 2.26. The van der Waals surface area contributed by atoms with Crippen molar-refractivity contribution in [1.29, 1.82) is 0 Å². The summed E-state index contributed by atoms with van der Waals surface area (Å²) in [7, 11) is 0. The van der Waals surface area contributed by atoms with E-state index in [0.717, 1.165) is 31.9 Å². The summed E-state index contributed by atoms with van der Waals surface area (Å²) in [5.74, 6) is -0.225. The molecule has 2 rings (SSSR count). The minimum absolute atomic E-state index is 0.194. The van der Waals surface area contributed by atoms with Crippen LogP contribution in [0.3, 0.4) is 0 Å². The summed E-state index contributed by atoms with van der Waals surface area (Å²) in [6, 6.07) is 4.58. The van der Waals surface area contributed by atoms with Gasteiger partial charge in [-0.15, -0.1) is 0 Å². The Morgan fingerprint density at radius 1 is 1.11 bits per heavy atom.